The molecule has 0 unspecified atom stereocenters. The third-order valence-electron chi connectivity index (χ3n) is 5.60. The first-order valence-corrected chi connectivity index (χ1v) is 12.5. The minimum atomic E-state index is -0.0806. The summed E-state index contributed by atoms with van der Waals surface area (Å²) in [5.41, 5.74) is 2.71. The molecule has 2 amide bonds. The summed E-state index contributed by atoms with van der Waals surface area (Å²) in [6, 6.07) is 9.92. The molecule has 2 aromatic rings. The Morgan fingerprint density at radius 1 is 1.21 bits per heavy atom. The first-order valence-electron chi connectivity index (χ1n) is 11.6. The van der Waals surface area contributed by atoms with Gasteiger partial charge in [-0.15, -0.1) is 11.3 Å². The van der Waals surface area contributed by atoms with Crippen molar-refractivity contribution in [3.05, 3.63) is 46.2 Å². The van der Waals surface area contributed by atoms with Crippen LogP contribution in [0.25, 0.3) is 0 Å². The van der Waals surface area contributed by atoms with Crippen molar-refractivity contribution < 1.29 is 14.3 Å². The van der Waals surface area contributed by atoms with Gasteiger partial charge in [-0.25, -0.2) is 0 Å². The zero-order chi connectivity index (χ0) is 24.0. The fourth-order valence-corrected chi connectivity index (χ4v) is 4.78. The average Bonchev–Trinajstić information content (AvgIpc) is 3.40. The molecule has 1 aromatic carbocycles. The van der Waals surface area contributed by atoms with E-state index in [4.69, 9.17) is 4.74 Å². The van der Waals surface area contributed by atoms with Crippen LogP contribution in [-0.4, -0.2) is 50.1 Å². The fraction of sp³-hybridized carbons (Fsp3) is 0.538. The van der Waals surface area contributed by atoms with Crippen LogP contribution in [0.3, 0.4) is 0 Å². The maximum Gasteiger partial charge on any atom is 0.228 e. The van der Waals surface area contributed by atoms with E-state index >= 15 is 0 Å². The van der Waals surface area contributed by atoms with Crippen molar-refractivity contribution in [2.75, 3.05) is 37.5 Å². The lowest BCUT2D eigenvalue weighted by Gasteiger charge is -2.28. The molecule has 33 heavy (non-hydrogen) atoms. The Hall–Kier alpha value is -2.38. The molecule has 0 spiro atoms. The van der Waals surface area contributed by atoms with E-state index < -0.39 is 0 Å². The maximum absolute atomic E-state index is 13.3. The molecule has 0 saturated carbocycles. The number of hydrogen-bond donors (Lipinski definition) is 1. The van der Waals surface area contributed by atoms with Crippen LogP contribution in [0.15, 0.2) is 35.7 Å². The van der Waals surface area contributed by atoms with Gasteiger partial charge in [-0.1, -0.05) is 26.8 Å². The SMILES string of the molecule is CN(C)c1ccc(NC(=O)CC(C)(C)C)cc1CN(C[C@@H]1CCCO1)C(=O)Cc1cccs1. The summed E-state index contributed by atoms with van der Waals surface area (Å²) >= 11 is 1.60. The van der Waals surface area contributed by atoms with Gasteiger partial charge in [0.25, 0.3) is 0 Å². The lowest BCUT2D eigenvalue weighted by Crippen LogP contribution is -2.38. The number of nitrogens with one attached hydrogen (secondary N) is 1. The van der Waals surface area contributed by atoms with Crippen molar-refractivity contribution in [2.24, 2.45) is 5.41 Å². The van der Waals surface area contributed by atoms with Gasteiger partial charge in [0.05, 0.1) is 12.5 Å². The highest BCUT2D eigenvalue weighted by molar-refractivity contribution is 7.10. The minimum absolute atomic E-state index is 0.00367. The molecule has 1 aliphatic heterocycles. The second-order valence-corrected chi connectivity index (χ2v) is 11.2. The molecule has 3 rings (SSSR count). The fourth-order valence-electron chi connectivity index (χ4n) is 4.08. The van der Waals surface area contributed by atoms with Crippen LogP contribution in [-0.2, 0) is 27.3 Å². The standard InChI is InChI=1S/C26H37N3O3S/c1-26(2,3)16-24(30)27-20-10-11-23(28(4)5)19(14-20)17-29(18-21-8-6-12-32-21)25(31)15-22-9-7-13-33-22/h7,9-11,13-14,21H,6,8,12,15-18H2,1-5H3,(H,27,30)/t21-/m0/s1. The van der Waals surface area contributed by atoms with E-state index in [0.717, 1.165) is 41.3 Å². The molecule has 1 atom stereocenters. The Morgan fingerprint density at radius 3 is 2.61 bits per heavy atom. The van der Waals surface area contributed by atoms with Gasteiger partial charge < -0.3 is 19.9 Å². The number of anilines is 2. The van der Waals surface area contributed by atoms with Crippen LogP contribution in [0, 0.1) is 5.41 Å². The van der Waals surface area contributed by atoms with Crippen LogP contribution in [0.1, 0.15) is 50.5 Å². The van der Waals surface area contributed by atoms with Gasteiger partial charge in [-0.2, -0.15) is 0 Å². The molecule has 1 N–H and O–H groups in total. The van der Waals surface area contributed by atoms with Crippen molar-refractivity contribution >= 4 is 34.5 Å². The Kier molecular flexibility index (Phi) is 8.54. The molecule has 6 nitrogen and oxygen atoms in total. The highest BCUT2D eigenvalue weighted by Gasteiger charge is 2.24. The van der Waals surface area contributed by atoms with Gasteiger partial charge in [0.1, 0.15) is 0 Å². The van der Waals surface area contributed by atoms with Gasteiger partial charge in [0.15, 0.2) is 0 Å². The summed E-state index contributed by atoms with van der Waals surface area (Å²) in [5, 5.41) is 5.03. The van der Waals surface area contributed by atoms with Gasteiger partial charge in [0.2, 0.25) is 11.8 Å². The summed E-state index contributed by atoms with van der Waals surface area (Å²) < 4.78 is 5.85. The maximum atomic E-state index is 13.3. The summed E-state index contributed by atoms with van der Waals surface area (Å²) in [5.74, 6) is 0.0934. The Morgan fingerprint density at radius 2 is 2.00 bits per heavy atom. The van der Waals surface area contributed by atoms with Crippen molar-refractivity contribution in [2.45, 2.75) is 59.1 Å². The Balaban J connectivity index is 1.82. The van der Waals surface area contributed by atoms with Crippen LogP contribution in [0.4, 0.5) is 11.4 Å². The van der Waals surface area contributed by atoms with E-state index in [-0.39, 0.29) is 23.3 Å². The van der Waals surface area contributed by atoms with Crippen molar-refractivity contribution in [1.82, 2.24) is 4.90 Å². The molecule has 180 valence electrons. The first kappa shape index (κ1) is 25.2. The van der Waals surface area contributed by atoms with Crippen molar-refractivity contribution in [3.63, 3.8) is 0 Å². The number of ether oxygens (including phenoxy) is 1. The number of rotatable bonds is 9. The molecule has 1 aromatic heterocycles. The van der Waals surface area contributed by atoms with E-state index in [1.54, 1.807) is 11.3 Å². The monoisotopic (exact) mass is 471 g/mol. The third-order valence-corrected chi connectivity index (χ3v) is 6.48. The number of carbonyl (C=O) groups excluding carboxylic acids is 2. The van der Waals surface area contributed by atoms with Crippen LogP contribution < -0.4 is 10.2 Å². The molecule has 1 fully saturated rings. The van der Waals surface area contributed by atoms with E-state index in [1.165, 1.54) is 0 Å². The van der Waals surface area contributed by atoms with Gasteiger partial charge in [-0.05, 0) is 53.5 Å². The summed E-state index contributed by atoms with van der Waals surface area (Å²) in [4.78, 5) is 30.8. The zero-order valence-corrected chi connectivity index (χ0v) is 21.3. The number of thiophene rings is 1. The average molecular weight is 472 g/mol. The number of amides is 2. The highest BCUT2D eigenvalue weighted by atomic mass is 32.1. The molecule has 0 radical (unpaired) electrons. The molecule has 2 heterocycles. The van der Waals surface area contributed by atoms with E-state index in [0.29, 0.717) is 25.9 Å². The molecular formula is C26H37N3O3S. The van der Waals surface area contributed by atoms with E-state index in [9.17, 15) is 9.59 Å². The number of hydrogen-bond acceptors (Lipinski definition) is 5. The van der Waals surface area contributed by atoms with Gasteiger partial charge >= 0.3 is 0 Å². The summed E-state index contributed by atoms with van der Waals surface area (Å²) in [6.45, 7) is 7.97. The quantitative estimate of drug-likeness (QED) is 0.563. The number of carbonyl (C=O) groups is 2. The third kappa shape index (κ3) is 7.86. The zero-order valence-electron chi connectivity index (χ0n) is 20.5. The predicted octanol–water partition coefficient (Wildman–Crippen LogP) is 4.94. The topological polar surface area (TPSA) is 61.9 Å². The normalized spacial score (nSPS) is 16.0. The lowest BCUT2D eigenvalue weighted by atomic mass is 9.92. The van der Waals surface area contributed by atoms with Crippen molar-refractivity contribution in [1.29, 1.82) is 0 Å². The van der Waals surface area contributed by atoms with Gasteiger partial charge in [-0.3, -0.25) is 9.59 Å². The molecule has 0 aliphatic carbocycles. The van der Waals surface area contributed by atoms with Crippen LogP contribution in [0.5, 0.6) is 0 Å². The minimum Gasteiger partial charge on any atom is -0.377 e. The second-order valence-electron chi connectivity index (χ2n) is 10.2. The first-order chi connectivity index (χ1) is 15.6. The van der Waals surface area contributed by atoms with Crippen molar-refractivity contribution in [3.8, 4) is 0 Å². The lowest BCUT2D eigenvalue weighted by molar-refractivity contribution is -0.132. The summed E-state index contributed by atoms with van der Waals surface area (Å²) in [6.07, 6.45) is 2.93. The molecule has 1 aliphatic rings. The van der Waals surface area contributed by atoms with Crippen LogP contribution in [0.2, 0.25) is 0 Å². The number of benzene rings is 1. The Labute approximate surface area is 201 Å². The molecule has 7 heteroatoms. The van der Waals surface area contributed by atoms with Crippen LogP contribution >= 0.6 is 11.3 Å². The molecular weight excluding hydrogens is 434 g/mol. The smallest absolute Gasteiger partial charge is 0.228 e. The highest BCUT2D eigenvalue weighted by Crippen LogP contribution is 2.27. The summed E-state index contributed by atoms with van der Waals surface area (Å²) in [7, 11) is 3.99. The van der Waals surface area contributed by atoms with E-state index in [2.05, 4.69) is 26.1 Å². The second kappa shape index (κ2) is 11.2. The number of nitrogens with zero attached hydrogens (tertiary/aromatic N) is 2. The molecule has 1 saturated heterocycles. The molecule has 0 bridgehead atoms. The van der Waals surface area contributed by atoms with E-state index in [1.807, 2.05) is 59.6 Å². The van der Waals surface area contributed by atoms with Gasteiger partial charge in [0, 0.05) is 56.5 Å². The predicted molar refractivity (Wildman–Crippen MR) is 136 cm³/mol. The largest absolute Gasteiger partial charge is 0.377 e. The Bertz CT molecular complexity index is 929.